The summed E-state index contributed by atoms with van der Waals surface area (Å²) in [5.41, 5.74) is 1.27. The third-order valence-corrected chi connectivity index (χ3v) is 6.38. The number of carbonyl (C=O) groups excluding carboxylic acids is 2. The zero-order chi connectivity index (χ0) is 19.4. The lowest BCUT2D eigenvalue weighted by atomic mass is 9.97. The Morgan fingerprint density at radius 2 is 1.89 bits per heavy atom. The predicted molar refractivity (Wildman–Crippen MR) is 88.8 cm³/mol. The summed E-state index contributed by atoms with van der Waals surface area (Å²) >= 11 is 0. The van der Waals surface area contributed by atoms with E-state index in [1.807, 2.05) is 0 Å². The van der Waals surface area contributed by atoms with Crippen molar-refractivity contribution >= 4 is 23.3 Å². The average molecular weight is 372 g/mol. The average Bonchev–Trinajstić information content (AvgIpc) is 3.18. The summed E-state index contributed by atoms with van der Waals surface area (Å²) in [7, 11) is 0. The number of Topliss-reactive ketones (excluding diaryl/α,β-unsaturated/α-hetero) is 1. The molecular formula is C19H14F2N2O4. The highest BCUT2D eigenvalue weighted by Crippen LogP contribution is 2.95. The van der Waals surface area contributed by atoms with Crippen LogP contribution in [0.2, 0.25) is 0 Å². The molecule has 6 rings (SSSR count). The van der Waals surface area contributed by atoms with Crippen molar-refractivity contribution in [1.82, 2.24) is 4.57 Å². The molecule has 6 nitrogen and oxygen atoms in total. The van der Waals surface area contributed by atoms with Crippen LogP contribution in [-0.2, 0) is 4.79 Å². The van der Waals surface area contributed by atoms with Gasteiger partial charge in [-0.15, -0.1) is 0 Å². The monoisotopic (exact) mass is 372 g/mol. The minimum Gasteiger partial charge on any atom is -0.475 e. The van der Waals surface area contributed by atoms with Gasteiger partial charge in [0.05, 0.1) is 5.56 Å². The molecule has 0 radical (unpaired) electrons. The normalized spacial score (nSPS) is 28.4. The van der Waals surface area contributed by atoms with Gasteiger partial charge in [-0.25, -0.2) is 13.6 Å². The van der Waals surface area contributed by atoms with Crippen molar-refractivity contribution in [1.29, 1.82) is 0 Å². The van der Waals surface area contributed by atoms with Crippen LogP contribution in [0.5, 0.6) is 0 Å². The predicted octanol–water partition coefficient (Wildman–Crippen LogP) is 2.88. The number of carbonyl (C=O) groups is 3. The summed E-state index contributed by atoms with van der Waals surface area (Å²) in [6.07, 6.45) is 0. The molecule has 2 fully saturated rings. The molecule has 3 heterocycles. The molecule has 2 bridgehead atoms. The summed E-state index contributed by atoms with van der Waals surface area (Å²) in [4.78, 5) is 36.4. The van der Waals surface area contributed by atoms with Gasteiger partial charge in [-0.1, -0.05) is 6.92 Å². The van der Waals surface area contributed by atoms with Crippen LogP contribution in [-0.4, -0.2) is 27.3 Å². The van der Waals surface area contributed by atoms with E-state index >= 15 is 0 Å². The Bertz CT molecular complexity index is 1110. The SMILES string of the molecule is Cc1c(C(=O)C(=O)O)c2n(c1C(=O)Nc1ccc(F)c(F)c1)[C@H]1[C@H]3C2[C@]31C. The maximum atomic E-state index is 13.4. The molecular weight excluding hydrogens is 358 g/mol. The van der Waals surface area contributed by atoms with Crippen molar-refractivity contribution in [3.8, 4) is 0 Å². The minimum absolute atomic E-state index is 0.00637. The second kappa shape index (κ2) is 4.62. The number of nitrogens with zero attached hydrogens (tertiary/aromatic N) is 1. The molecule has 138 valence electrons. The Labute approximate surface area is 151 Å². The Balaban J connectivity index is 1.58. The van der Waals surface area contributed by atoms with Gasteiger partial charge in [0, 0.05) is 34.8 Å². The second-order valence-electron chi connectivity index (χ2n) is 7.64. The number of anilines is 1. The van der Waals surface area contributed by atoms with Gasteiger partial charge >= 0.3 is 5.97 Å². The molecule has 4 atom stereocenters. The van der Waals surface area contributed by atoms with Crippen molar-refractivity contribution < 1.29 is 28.3 Å². The van der Waals surface area contributed by atoms with Gasteiger partial charge < -0.3 is 15.0 Å². The number of rotatable bonds is 4. The van der Waals surface area contributed by atoms with Gasteiger partial charge in [-0.2, -0.15) is 0 Å². The third-order valence-electron chi connectivity index (χ3n) is 6.38. The van der Waals surface area contributed by atoms with Crippen LogP contribution < -0.4 is 5.32 Å². The van der Waals surface area contributed by atoms with Crippen LogP contribution >= 0.6 is 0 Å². The largest absolute Gasteiger partial charge is 0.475 e. The number of carboxylic acids is 1. The second-order valence-corrected chi connectivity index (χ2v) is 7.64. The van der Waals surface area contributed by atoms with E-state index in [2.05, 4.69) is 12.2 Å². The molecule has 1 unspecified atom stereocenters. The van der Waals surface area contributed by atoms with Crippen molar-refractivity contribution in [2.45, 2.75) is 25.8 Å². The molecule has 1 amide bonds. The first kappa shape index (κ1) is 16.2. The van der Waals surface area contributed by atoms with Crippen LogP contribution in [0.3, 0.4) is 0 Å². The van der Waals surface area contributed by atoms with E-state index in [1.54, 1.807) is 11.5 Å². The number of hydrogen-bond acceptors (Lipinski definition) is 3. The minimum atomic E-state index is -1.57. The molecule has 0 saturated heterocycles. The zero-order valence-electron chi connectivity index (χ0n) is 14.3. The Kier molecular flexibility index (Phi) is 2.77. The number of halogens is 2. The molecule has 2 aliphatic carbocycles. The van der Waals surface area contributed by atoms with Crippen LogP contribution in [0.25, 0.3) is 0 Å². The number of benzene rings is 1. The number of aliphatic carboxylic acids is 1. The van der Waals surface area contributed by atoms with Crippen LogP contribution in [0.15, 0.2) is 18.2 Å². The highest BCUT2D eigenvalue weighted by Gasteiger charge is 2.90. The lowest BCUT2D eigenvalue weighted by molar-refractivity contribution is -0.131. The molecule has 2 aromatic rings. The molecule has 4 aliphatic rings. The first-order valence-electron chi connectivity index (χ1n) is 8.48. The van der Waals surface area contributed by atoms with Crippen molar-refractivity contribution in [3.05, 3.63) is 52.3 Å². The number of nitrogens with one attached hydrogen (secondary N) is 1. The number of ketones is 1. The van der Waals surface area contributed by atoms with E-state index in [0.29, 0.717) is 17.2 Å². The van der Waals surface area contributed by atoms with Gasteiger partial charge in [0.25, 0.3) is 11.7 Å². The topological polar surface area (TPSA) is 88.4 Å². The Morgan fingerprint density at radius 1 is 1.22 bits per heavy atom. The van der Waals surface area contributed by atoms with E-state index in [9.17, 15) is 23.2 Å². The molecule has 2 aliphatic heterocycles. The summed E-state index contributed by atoms with van der Waals surface area (Å²) in [5.74, 6) is -4.86. The fourth-order valence-corrected chi connectivity index (χ4v) is 5.02. The number of amides is 1. The van der Waals surface area contributed by atoms with E-state index in [-0.39, 0.29) is 34.3 Å². The maximum absolute atomic E-state index is 13.4. The Hall–Kier alpha value is -3.03. The quantitative estimate of drug-likeness (QED) is 0.638. The van der Waals surface area contributed by atoms with E-state index in [1.165, 1.54) is 6.07 Å². The number of hydrogen-bond donors (Lipinski definition) is 2. The van der Waals surface area contributed by atoms with Gasteiger partial charge in [0.1, 0.15) is 5.69 Å². The molecule has 2 saturated carbocycles. The van der Waals surface area contributed by atoms with E-state index in [4.69, 9.17) is 5.11 Å². The molecule has 1 aromatic heterocycles. The summed E-state index contributed by atoms with van der Waals surface area (Å²) in [6, 6.07) is 3.08. The molecule has 0 spiro atoms. The van der Waals surface area contributed by atoms with Gasteiger partial charge in [-0.05, 0) is 30.5 Å². The third kappa shape index (κ3) is 1.75. The molecule has 2 N–H and O–H groups in total. The summed E-state index contributed by atoms with van der Waals surface area (Å²) < 4.78 is 28.3. The first-order valence-corrected chi connectivity index (χ1v) is 8.48. The fraction of sp³-hybridized carbons (Fsp3) is 0.316. The lowest BCUT2D eigenvalue weighted by Gasteiger charge is -2.11. The van der Waals surface area contributed by atoms with Gasteiger partial charge in [0.2, 0.25) is 0 Å². The van der Waals surface area contributed by atoms with Crippen LogP contribution in [0.1, 0.15) is 51.0 Å². The summed E-state index contributed by atoms with van der Waals surface area (Å²) in [6.45, 7) is 3.60. The first-order chi connectivity index (χ1) is 12.7. The molecule has 27 heavy (non-hydrogen) atoms. The highest BCUT2D eigenvalue weighted by molar-refractivity contribution is 6.41. The standard InChI is InChI=1S/C19H14F2N2O4/c1-6-10(15(24)18(26)27)14-11-12-16(19(11,12)2)23(14)13(6)17(25)22-7-3-4-8(20)9(21)5-7/h3-5,11-12,16H,1-2H3,(H,22,25)(H,26,27)/t11?,12-,16+,19-/m1/s1. The Morgan fingerprint density at radius 3 is 2.48 bits per heavy atom. The zero-order valence-corrected chi connectivity index (χ0v) is 14.3. The van der Waals surface area contributed by atoms with Crippen molar-refractivity contribution in [2.24, 2.45) is 11.3 Å². The van der Waals surface area contributed by atoms with E-state index < -0.39 is 29.3 Å². The number of carboxylic acid groups (broad SMARTS) is 1. The van der Waals surface area contributed by atoms with Crippen molar-refractivity contribution in [2.75, 3.05) is 5.32 Å². The smallest absolute Gasteiger partial charge is 0.377 e. The van der Waals surface area contributed by atoms with Crippen molar-refractivity contribution in [3.63, 3.8) is 0 Å². The van der Waals surface area contributed by atoms with Gasteiger partial charge in [-0.3, -0.25) is 9.59 Å². The molecule has 1 aromatic carbocycles. The highest BCUT2D eigenvalue weighted by atomic mass is 19.2. The van der Waals surface area contributed by atoms with E-state index in [0.717, 1.165) is 12.1 Å². The summed E-state index contributed by atoms with van der Waals surface area (Å²) in [5, 5.41) is 11.7. The maximum Gasteiger partial charge on any atom is 0.377 e. The molecule has 8 heteroatoms. The van der Waals surface area contributed by atoms with Gasteiger partial charge in [0.15, 0.2) is 11.6 Å². The lowest BCUT2D eigenvalue weighted by Crippen LogP contribution is -2.19. The van der Waals surface area contributed by atoms with Crippen LogP contribution in [0, 0.1) is 29.9 Å². The fourth-order valence-electron chi connectivity index (χ4n) is 5.02. The van der Waals surface area contributed by atoms with Crippen LogP contribution in [0.4, 0.5) is 14.5 Å². The number of aromatic nitrogens is 1.